The van der Waals surface area contributed by atoms with Crippen molar-refractivity contribution in [1.29, 1.82) is 0 Å². The monoisotopic (exact) mass is 395 g/mol. The maximum atomic E-state index is 13.2. The van der Waals surface area contributed by atoms with Crippen LogP contribution < -0.4 is 10.6 Å². The van der Waals surface area contributed by atoms with E-state index in [9.17, 15) is 18.4 Å². The van der Waals surface area contributed by atoms with Crippen LogP contribution in [-0.4, -0.2) is 30.3 Å². The van der Waals surface area contributed by atoms with Crippen LogP contribution in [-0.2, 0) is 4.79 Å². The first-order chi connectivity index (χ1) is 13.9. The van der Waals surface area contributed by atoms with Crippen LogP contribution >= 0.6 is 0 Å². The van der Waals surface area contributed by atoms with Gasteiger partial charge in [-0.3, -0.25) is 9.59 Å². The van der Waals surface area contributed by atoms with E-state index in [1.807, 2.05) is 0 Å². The van der Waals surface area contributed by atoms with E-state index in [1.54, 1.807) is 42.5 Å². The molecule has 0 aromatic heterocycles. The maximum absolute atomic E-state index is 13.2. The molecular formula is C22H19F2N3O2. The Hall–Kier alpha value is -3.74. The fourth-order valence-corrected chi connectivity index (χ4v) is 2.73. The largest absolute Gasteiger partial charge is 0.355 e. The summed E-state index contributed by atoms with van der Waals surface area (Å²) in [5, 5.41) is 5.63. The molecule has 2 amide bonds. The molecule has 0 saturated heterocycles. The Kier molecular flexibility index (Phi) is 6.19. The minimum Gasteiger partial charge on any atom is -0.355 e. The number of benzene rings is 3. The van der Waals surface area contributed by atoms with Gasteiger partial charge in [-0.1, -0.05) is 18.2 Å². The fourth-order valence-electron chi connectivity index (χ4n) is 2.73. The van der Waals surface area contributed by atoms with Crippen LogP contribution in [0.2, 0.25) is 0 Å². The van der Waals surface area contributed by atoms with E-state index < -0.39 is 11.7 Å². The van der Waals surface area contributed by atoms with Crippen molar-refractivity contribution in [3.63, 3.8) is 0 Å². The summed E-state index contributed by atoms with van der Waals surface area (Å²) < 4.78 is 26.3. The van der Waals surface area contributed by atoms with Gasteiger partial charge in [-0.2, -0.15) is 0 Å². The Balaban J connectivity index is 1.69. The summed E-state index contributed by atoms with van der Waals surface area (Å²) >= 11 is 0. The molecule has 29 heavy (non-hydrogen) atoms. The van der Waals surface area contributed by atoms with E-state index in [0.717, 1.165) is 0 Å². The molecule has 3 aromatic carbocycles. The lowest BCUT2D eigenvalue weighted by molar-refractivity contribution is -0.116. The number of para-hydroxylation sites is 1. The number of likely N-dealkylation sites (N-methyl/N-ethyl adjacent to an activating group) is 1. The van der Waals surface area contributed by atoms with E-state index in [1.165, 1.54) is 42.3 Å². The number of carbonyl (C=O) groups is 2. The molecule has 5 nitrogen and oxygen atoms in total. The highest BCUT2D eigenvalue weighted by molar-refractivity contribution is 6.03. The number of anilines is 3. The summed E-state index contributed by atoms with van der Waals surface area (Å²) in [4.78, 5) is 26.3. The molecule has 7 heteroatoms. The summed E-state index contributed by atoms with van der Waals surface area (Å²) in [7, 11) is 1.50. The molecule has 2 N–H and O–H groups in total. The molecule has 0 spiro atoms. The van der Waals surface area contributed by atoms with Crippen LogP contribution in [0.5, 0.6) is 0 Å². The third-order valence-electron chi connectivity index (χ3n) is 4.12. The number of hydrogen-bond donors (Lipinski definition) is 2. The van der Waals surface area contributed by atoms with E-state index >= 15 is 0 Å². The Bertz CT molecular complexity index is 1020. The van der Waals surface area contributed by atoms with E-state index in [0.29, 0.717) is 22.6 Å². The van der Waals surface area contributed by atoms with Crippen LogP contribution in [0.25, 0.3) is 0 Å². The van der Waals surface area contributed by atoms with Gasteiger partial charge in [0, 0.05) is 18.4 Å². The van der Waals surface area contributed by atoms with Crippen LogP contribution in [0.1, 0.15) is 10.4 Å². The van der Waals surface area contributed by atoms with Crippen LogP contribution in [0.15, 0.2) is 72.8 Å². The van der Waals surface area contributed by atoms with Crippen molar-refractivity contribution >= 4 is 28.9 Å². The summed E-state index contributed by atoms with van der Waals surface area (Å²) in [6.45, 7) is -0.208. The smallest absolute Gasteiger partial charge is 0.256 e. The Morgan fingerprint density at radius 3 is 2.31 bits per heavy atom. The Labute approximate surface area is 167 Å². The second kappa shape index (κ2) is 8.97. The number of nitrogens with zero attached hydrogens (tertiary/aromatic N) is 1. The van der Waals surface area contributed by atoms with Crippen molar-refractivity contribution in [1.82, 2.24) is 4.90 Å². The number of hydrogen-bond acceptors (Lipinski definition) is 3. The van der Waals surface area contributed by atoms with Crippen LogP contribution in [0.4, 0.5) is 25.8 Å². The number of amides is 2. The van der Waals surface area contributed by atoms with Crippen molar-refractivity contribution in [2.75, 3.05) is 24.2 Å². The first-order valence-electron chi connectivity index (χ1n) is 8.85. The molecule has 148 valence electrons. The van der Waals surface area contributed by atoms with Gasteiger partial charge < -0.3 is 15.5 Å². The molecule has 0 saturated carbocycles. The average molecular weight is 395 g/mol. The summed E-state index contributed by atoms with van der Waals surface area (Å²) in [5.74, 6) is -1.64. The quantitative estimate of drug-likeness (QED) is 0.650. The summed E-state index contributed by atoms with van der Waals surface area (Å²) in [6, 6.07) is 18.1. The fraction of sp³-hybridized carbons (Fsp3) is 0.0909. The molecule has 3 aromatic rings. The van der Waals surface area contributed by atoms with Crippen molar-refractivity contribution in [3.8, 4) is 0 Å². The van der Waals surface area contributed by atoms with E-state index in [-0.39, 0.29) is 18.3 Å². The molecule has 0 fully saturated rings. The standard InChI is InChI=1S/C22H19F2N3O2/c1-27(14-21(28)26-18-6-4-5-16(24)13-18)22(29)19-7-2-3-8-20(19)25-17-11-9-15(23)10-12-17/h2-13,25H,14H2,1H3,(H,26,28). The van der Waals surface area contributed by atoms with Crippen molar-refractivity contribution in [2.24, 2.45) is 0 Å². The summed E-state index contributed by atoms with van der Waals surface area (Å²) in [5.41, 5.74) is 1.83. The highest BCUT2D eigenvalue weighted by atomic mass is 19.1. The maximum Gasteiger partial charge on any atom is 0.256 e. The van der Waals surface area contributed by atoms with Gasteiger partial charge in [0.2, 0.25) is 5.91 Å². The minimum absolute atomic E-state index is 0.208. The zero-order chi connectivity index (χ0) is 20.8. The predicted octanol–water partition coefficient (Wildman–Crippen LogP) is 4.42. The SMILES string of the molecule is CN(CC(=O)Nc1cccc(F)c1)C(=O)c1ccccc1Nc1ccc(F)cc1. The molecule has 0 atom stereocenters. The van der Waals surface area contributed by atoms with Gasteiger partial charge in [-0.15, -0.1) is 0 Å². The minimum atomic E-state index is -0.465. The first-order valence-corrected chi connectivity index (χ1v) is 8.85. The molecule has 0 unspecified atom stereocenters. The highest BCUT2D eigenvalue weighted by Crippen LogP contribution is 2.22. The molecule has 0 aliphatic carbocycles. The van der Waals surface area contributed by atoms with Crippen LogP contribution in [0, 0.1) is 11.6 Å². The molecule has 0 aliphatic rings. The van der Waals surface area contributed by atoms with Gasteiger partial charge in [0.15, 0.2) is 0 Å². The normalized spacial score (nSPS) is 10.3. The molecular weight excluding hydrogens is 376 g/mol. The molecule has 0 heterocycles. The topological polar surface area (TPSA) is 61.4 Å². The number of nitrogens with one attached hydrogen (secondary N) is 2. The lowest BCUT2D eigenvalue weighted by atomic mass is 10.1. The van der Waals surface area contributed by atoms with Gasteiger partial charge in [0.1, 0.15) is 11.6 Å². The van der Waals surface area contributed by atoms with Gasteiger partial charge in [-0.25, -0.2) is 8.78 Å². The number of halogens is 2. The van der Waals surface area contributed by atoms with Gasteiger partial charge in [-0.05, 0) is 54.6 Å². The van der Waals surface area contributed by atoms with Crippen molar-refractivity contribution in [3.05, 3.63) is 90.0 Å². The second-order valence-electron chi connectivity index (χ2n) is 6.40. The molecule has 0 radical (unpaired) electrons. The van der Waals surface area contributed by atoms with Gasteiger partial charge >= 0.3 is 0 Å². The average Bonchev–Trinajstić information content (AvgIpc) is 2.69. The second-order valence-corrected chi connectivity index (χ2v) is 6.40. The lowest BCUT2D eigenvalue weighted by Crippen LogP contribution is -2.35. The van der Waals surface area contributed by atoms with Gasteiger partial charge in [0.25, 0.3) is 5.91 Å². The Morgan fingerprint density at radius 2 is 1.59 bits per heavy atom. The molecule has 3 rings (SSSR count). The summed E-state index contributed by atoms with van der Waals surface area (Å²) in [6.07, 6.45) is 0. The number of rotatable bonds is 6. The first kappa shape index (κ1) is 20.0. The van der Waals surface area contributed by atoms with Crippen molar-refractivity contribution < 1.29 is 18.4 Å². The van der Waals surface area contributed by atoms with Crippen LogP contribution in [0.3, 0.4) is 0 Å². The highest BCUT2D eigenvalue weighted by Gasteiger charge is 2.18. The van der Waals surface area contributed by atoms with E-state index in [4.69, 9.17) is 0 Å². The molecule has 0 bridgehead atoms. The number of carbonyl (C=O) groups excluding carboxylic acids is 2. The molecule has 0 aliphatic heterocycles. The lowest BCUT2D eigenvalue weighted by Gasteiger charge is -2.19. The predicted molar refractivity (Wildman–Crippen MR) is 108 cm³/mol. The van der Waals surface area contributed by atoms with Crippen molar-refractivity contribution in [2.45, 2.75) is 0 Å². The zero-order valence-electron chi connectivity index (χ0n) is 15.7. The zero-order valence-corrected chi connectivity index (χ0v) is 15.7. The van der Waals surface area contributed by atoms with E-state index in [2.05, 4.69) is 10.6 Å². The van der Waals surface area contributed by atoms with Gasteiger partial charge in [0.05, 0.1) is 17.8 Å². The third-order valence-corrected chi connectivity index (χ3v) is 4.12. The Morgan fingerprint density at radius 1 is 0.862 bits per heavy atom. The third kappa shape index (κ3) is 5.38.